The second kappa shape index (κ2) is 13.7. The third-order valence-corrected chi connectivity index (χ3v) is 10.8. The summed E-state index contributed by atoms with van der Waals surface area (Å²) in [5.74, 6) is -2.99. The number of hydrogen-bond donors (Lipinski definition) is 1. The van der Waals surface area contributed by atoms with Gasteiger partial charge >= 0.3 is 5.97 Å². The number of aliphatic carboxylic acids is 1. The first kappa shape index (κ1) is 34.7. The number of ether oxygens (including phenoxy) is 1. The number of halogens is 3. The molecule has 12 heteroatoms. The number of carboxylic acid groups (broad SMARTS) is 1. The maximum atomic E-state index is 15.3. The lowest BCUT2D eigenvalue weighted by atomic mass is 9.88. The highest BCUT2D eigenvalue weighted by atomic mass is 35.5. The van der Waals surface area contributed by atoms with Crippen LogP contribution in [0.25, 0.3) is 0 Å². The molecule has 1 aliphatic heterocycles. The molecule has 1 amide bonds. The second-order valence-corrected chi connectivity index (χ2v) is 15.8. The molecule has 0 spiro atoms. The summed E-state index contributed by atoms with van der Waals surface area (Å²) >= 11 is 12.6. The number of sulfonamides is 1. The number of carbonyl (C=O) groups is 2. The van der Waals surface area contributed by atoms with Crippen molar-refractivity contribution in [2.75, 3.05) is 10.8 Å². The van der Waals surface area contributed by atoms with Gasteiger partial charge in [0.2, 0.25) is 10.0 Å². The van der Waals surface area contributed by atoms with E-state index in [4.69, 9.17) is 27.9 Å². The number of benzene rings is 3. The number of carboxylic acids is 1. The van der Waals surface area contributed by atoms with Crippen molar-refractivity contribution >= 4 is 50.8 Å². The molecule has 8 nitrogen and oxygen atoms in total. The molecular weight excluding hydrogens is 642 g/mol. The minimum Gasteiger partial charge on any atom is -0.481 e. The number of anilines is 1. The highest BCUT2D eigenvalue weighted by molar-refractivity contribution is 7.94. The van der Waals surface area contributed by atoms with Crippen LogP contribution in [0.3, 0.4) is 0 Å². The maximum absolute atomic E-state index is 15.3. The standard InChI is InChI=1S/C33H37Cl2FN2O6S/c1-20(2)27(19-37(45(42,43)33(3,4)5)26-12-7-6-11-25(26)36)38-30(21-13-15-23(34)16-14-21)31(22-9-8-10-24(35)17-22)44-28(32(38)41)18-29(39)40/h6-17,20,27-28,30-31H,18-19H2,1-5H3,(H,39,40). The van der Waals surface area contributed by atoms with Crippen LogP contribution in [0, 0.1) is 11.7 Å². The van der Waals surface area contributed by atoms with Crippen molar-refractivity contribution in [2.24, 2.45) is 5.92 Å². The first-order chi connectivity index (χ1) is 21.0. The van der Waals surface area contributed by atoms with E-state index in [1.54, 1.807) is 54.6 Å². The molecule has 4 atom stereocenters. The quantitative estimate of drug-likeness (QED) is 0.242. The number of rotatable bonds is 10. The summed E-state index contributed by atoms with van der Waals surface area (Å²) in [6, 6.07) is 17.5. The monoisotopic (exact) mass is 678 g/mol. The summed E-state index contributed by atoms with van der Waals surface area (Å²) in [5.41, 5.74) is 1.05. The van der Waals surface area contributed by atoms with Gasteiger partial charge in [-0.2, -0.15) is 0 Å². The molecule has 4 rings (SSSR count). The van der Waals surface area contributed by atoms with Gasteiger partial charge in [0.1, 0.15) is 18.0 Å². The lowest BCUT2D eigenvalue weighted by Crippen LogP contribution is -2.60. The first-order valence-electron chi connectivity index (χ1n) is 14.5. The Bertz CT molecular complexity index is 1650. The van der Waals surface area contributed by atoms with Gasteiger partial charge in [0.25, 0.3) is 5.91 Å². The lowest BCUT2D eigenvalue weighted by molar-refractivity contribution is -0.184. The van der Waals surface area contributed by atoms with Crippen LogP contribution in [0.15, 0.2) is 72.8 Å². The fraction of sp³-hybridized carbons (Fsp3) is 0.394. The topological polar surface area (TPSA) is 104 Å². The van der Waals surface area contributed by atoms with Gasteiger partial charge < -0.3 is 14.7 Å². The zero-order chi connectivity index (χ0) is 33.3. The Morgan fingerprint density at radius 2 is 1.64 bits per heavy atom. The molecule has 1 heterocycles. The van der Waals surface area contributed by atoms with E-state index in [1.807, 2.05) is 13.8 Å². The van der Waals surface area contributed by atoms with Gasteiger partial charge in [-0.05, 0) is 74.2 Å². The molecule has 3 aromatic carbocycles. The van der Waals surface area contributed by atoms with E-state index < -0.39 is 63.2 Å². The Morgan fingerprint density at radius 1 is 1.00 bits per heavy atom. The third-order valence-electron chi connectivity index (χ3n) is 7.84. The van der Waals surface area contributed by atoms with Gasteiger partial charge in [-0.15, -0.1) is 0 Å². The molecule has 1 fully saturated rings. The Balaban J connectivity index is 1.97. The number of carbonyl (C=O) groups excluding carboxylic acids is 1. The van der Waals surface area contributed by atoms with Gasteiger partial charge in [-0.25, -0.2) is 12.8 Å². The van der Waals surface area contributed by atoms with Crippen LogP contribution >= 0.6 is 23.2 Å². The smallest absolute Gasteiger partial charge is 0.306 e. The average molecular weight is 680 g/mol. The first-order valence-corrected chi connectivity index (χ1v) is 16.7. The van der Waals surface area contributed by atoms with Gasteiger partial charge in [0.15, 0.2) is 0 Å². The predicted molar refractivity (Wildman–Crippen MR) is 173 cm³/mol. The van der Waals surface area contributed by atoms with Crippen molar-refractivity contribution in [1.82, 2.24) is 4.90 Å². The highest BCUT2D eigenvalue weighted by Gasteiger charge is 2.49. The van der Waals surface area contributed by atoms with E-state index in [1.165, 1.54) is 43.9 Å². The number of nitrogens with zero attached hydrogens (tertiary/aromatic N) is 2. The largest absolute Gasteiger partial charge is 0.481 e. The van der Waals surface area contributed by atoms with Crippen molar-refractivity contribution in [3.8, 4) is 0 Å². The third kappa shape index (κ3) is 7.46. The highest BCUT2D eigenvalue weighted by Crippen LogP contribution is 2.45. The minimum absolute atomic E-state index is 0.157. The van der Waals surface area contributed by atoms with Crippen LogP contribution in [-0.2, 0) is 24.3 Å². The van der Waals surface area contributed by atoms with E-state index >= 15 is 4.39 Å². The molecule has 1 aliphatic rings. The Morgan fingerprint density at radius 3 is 2.20 bits per heavy atom. The van der Waals surface area contributed by atoms with Crippen molar-refractivity contribution in [3.63, 3.8) is 0 Å². The van der Waals surface area contributed by atoms with Crippen LogP contribution in [0.4, 0.5) is 10.1 Å². The van der Waals surface area contributed by atoms with Gasteiger partial charge in [0.05, 0.1) is 35.5 Å². The van der Waals surface area contributed by atoms with Crippen LogP contribution in [0.5, 0.6) is 0 Å². The molecular formula is C33H37Cl2FN2O6S. The lowest BCUT2D eigenvalue weighted by Gasteiger charge is -2.50. The van der Waals surface area contributed by atoms with Crippen LogP contribution in [-0.4, -0.2) is 53.7 Å². The molecule has 0 aliphatic carbocycles. The van der Waals surface area contributed by atoms with Gasteiger partial charge in [0, 0.05) is 10.0 Å². The molecule has 0 bridgehead atoms. The van der Waals surface area contributed by atoms with Crippen LogP contribution < -0.4 is 4.31 Å². The molecule has 1 saturated heterocycles. The molecule has 0 aromatic heterocycles. The van der Waals surface area contributed by atoms with E-state index in [2.05, 4.69) is 0 Å². The van der Waals surface area contributed by atoms with Crippen molar-refractivity contribution in [1.29, 1.82) is 0 Å². The number of para-hydroxylation sites is 1. The molecule has 242 valence electrons. The number of hydrogen-bond acceptors (Lipinski definition) is 5. The molecule has 0 radical (unpaired) electrons. The summed E-state index contributed by atoms with van der Waals surface area (Å²) in [5, 5.41) is 10.6. The fourth-order valence-corrected chi connectivity index (χ4v) is 7.20. The van der Waals surface area contributed by atoms with Crippen molar-refractivity contribution in [2.45, 2.75) is 70.1 Å². The van der Waals surface area contributed by atoms with E-state index in [9.17, 15) is 23.1 Å². The number of morpholine rings is 1. The summed E-state index contributed by atoms with van der Waals surface area (Å²) < 4.78 is 49.5. The zero-order valence-corrected chi connectivity index (χ0v) is 28.0. The van der Waals surface area contributed by atoms with Crippen molar-refractivity contribution in [3.05, 3.63) is 99.8 Å². The molecule has 4 unspecified atom stereocenters. The number of amides is 1. The molecule has 3 aromatic rings. The van der Waals surface area contributed by atoms with E-state index in [-0.39, 0.29) is 18.2 Å². The van der Waals surface area contributed by atoms with Crippen LogP contribution in [0.2, 0.25) is 10.0 Å². The van der Waals surface area contributed by atoms with Gasteiger partial charge in [-0.3, -0.25) is 13.9 Å². The van der Waals surface area contributed by atoms with E-state index in [0.29, 0.717) is 21.2 Å². The summed E-state index contributed by atoms with van der Waals surface area (Å²) in [4.78, 5) is 27.8. The predicted octanol–water partition coefficient (Wildman–Crippen LogP) is 7.28. The second-order valence-electron chi connectivity index (χ2n) is 12.4. The maximum Gasteiger partial charge on any atom is 0.306 e. The Kier molecular flexibility index (Phi) is 10.5. The van der Waals surface area contributed by atoms with E-state index in [0.717, 1.165) is 4.31 Å². The minimum atomic E-state index is -4.20. The SMILES string of the molecule is CC(C)C(CN(c1ccccc1F)S(=O)(=O)C(C)(C)C)N1C(=O)C(CC(=O)O)OC(c2cccc(Cl)c2)C1c1ccc(Cl)cc1. The Hall–Kier alpha value is -3.18. The average Bonchev–Trinajstić information content (AvgIpc) is 2.95. The Labute approximate surface area is 273 Å². The molecule has 0 saturated carbocycles. The normalized spacial score (nSPS) is 19.9. The summed E-state index contributed by atoms with van der Waals surface area (Å²) in [6.45, 7) is 7.92. The summed E-state index contributed by atoms with van der Waals surface area (Å²) in [6.07, 6.45) is -2.91. The van der Waals surface area contributed by atoms with Gasteiger partial charge in [-0.1, -0.05) is 73.4 Å². The van der Waals surface area contributed by atoms with Crippen LogP contribution in [0.1, 0.15) is 64.3 Å². The zero-order valence-electron chi connectivity index (χ0n) is 25.7. The van der Waals surface area contributed by atoms with Crippen molar-refractivity contribution < 1.29 is 32.2 Å². The molecule has 1 N–H and O–H groups in total. The fourth-order valence-electron chi connectivity index (χ4n) is 5.46. The molecule has 45 heavy (non-hydrogen) atoms. The summed E-state index contributed by atoms with van der Waals surface area (Å²) in [7, 11) is -4.20.